The summed E-state index contributed by atoms with van der Waals surface area (Å²) in [7, 11) is -9.89. The maximum absolute atomic E-state index is 13.0. The van der Waals surface area contributed by atoms with Crippen molar-refractivity contribution in [2.24, 2.45) is 5.92 Å². The number of aliphatic hydroxyl groups excluding tert-OH is 1. The number of ether oxygens (including phenoxy) is 4. The van der Waals surface area contributed by atoms with Crippen molar-refractivity contribution in [3.63, 3.8) is 0 Å². The Bertz CT molecular complexity index is 1750. The maximum atomic E-state index is 13.0. The van der Waals surface area contributed by atoms with Gasteiger partial charge in [0, 0.05) is 25.7 Å². The third kappa shape index (κ3) is 66.5. The molecule has 0 amide bonds. The van der Waals surface area contributed by atoms with Crippen LogP contribution in [0.2, 0.25) is 0 Å². The van der Waals surface area contributed by atoms with Gasteiger partial charge in [0.05, 0.1) is 26.4 Å². The molecule has 0 heterocycles. The molecule has 19 heteroatoms. The molecule has 17 nitrogen and oxygen atoms in total. The Labute approximate surface area is 556 Å². The van der Waals surface area contributed by atoms with Crippen LogP contribution in [0.5, 0.6) is 0 Å². The second kappa shape index (κ2) is 65.4. The summed E-state index contributed by atoms with van der Waals surface area (Å²) in [5, 5.41) is 10.6. The van der Waals surface area contributed by atoms with Crippen molar-refractivity contribution in [3.8, 4) is 0 Å². The van der Waals surface area contributed by atoms with E-state index >= 15 is 0 Å². The van der Waals surface area contributed by atoms with Gasteiger partial charge >= 0.3 is 39.5 Å². The van der Waals surface area contributed by atoms with E-state index in [-0.39, 0.29) is 25.7 Å². The Balaban J connectivity index is 5.14. The third-order valence-corrected chi connectivity index (χ3v) is 18.7. The molecule has 540 valence electrons. The number of aliphatic hydroxyl groups is 1. The molecular formula is C72H140O17P2. The van der Waals surface area contributed by atoms with Crippen LogP contribution in [0.1, 0.15) is 375 Å². The highest BCUT2D eigenvalue weighted by Gasteiger charge is 2.30. The first kappa shape index (κ1) is 89.1. The Morgan fingerprint density at radius 2 is 0.505 bits per heavy atom. The SMILES string of the molecule is CCCCCCCCCCCCCCCCCCCCCCCC(=O)O[C@H](COC(=O)CCCCCCCCCCCC(C)C)COP(=O)(O)OC[C@@H](O)COP(=O)(O)OC[C@@H](COC(=O)CCCCCCCCC)OC(=O)CCCCCCCCCCCCC. The van der Waals surface area contributed by atoms with Gasteiger partial charge in [0.25, 0.3) is 0 Å². The number of hydrogen-bond donors (Lipinski definition) is 3. The summed E-state index contributed by atoms with van der Waals surface area (Å²) < 4.78 is 68.2. The quantitative estimate of drug-likeness (QED) is 0.0222. The van der Waals surface area contributed by atoms with Crippen molar-refractivity contribution in [2.75, 3.05) is 39.6 Å². The van der Waals surface area contributed by atoms with E-state index in [1.54, 1.807) is 0 Å². The molecule has 0 aliphatic rings. The van der Waals surface area contributed by atoms with Gasteiger partial charge in [-0.25, -0.2) is 9.13 Å². The lowest BCUT2D eigenvalue weighted by Crippen LogP contribution is -2.30. The van der Waals surface area contributed by atoms with E-state index in [1.165, 1.54) is 186 Å². The molecule has 0 saturated carbocycles. The highest BCUT2D eigenvalue weighted by molar-refractivity contribution is 7.47. The zero-order valence-corrected chi connectivity index (χ0v) is 60.8. The number of phosphoric acid groups is 2. The molecule has 2 unspecified atom stereocenters. The van der Waals surface area contributed by atoms with Crippen LogP contribution in [-0.2, 0) is 65.4 Å². The van der Waals surface area contributed by atoms with Crippen LogP contribution in [0.3, 0.4) is 0 Å². The fraction of sp³-hybridized carbons (Fsp3) is 0.944. The van der Waals surface area contributed by atoms with E-state index in [0.29, 0.717) is 25.7 Å². The van der Waals surface area contributed by atoms with Crippen LogP contribution < -0.4 is 0 Å². The van der Waals surface area contributed by atoms with E-state index < -0.39 is 97.5 Å². The molecule has 0 aliphatic carbocycles. The smallest absolute Gasteiger partial charge is 0.462 e. The lowest BCUT2D eigenvalue weighted by molar-refractivity contribution is -0.161. The first-order chi connectivity index (χ1) is 44.0. The lowest BCUT2D eigenvalue weighted by Gasteiger charge is -2.21. The molecule has 0 rings (SSSR count). The van der Waals surface area contributed by atoms with E-state index in [2.05, 4.69) is 34.6 Å². The summed E-state index contributed by atoms with van der Waals surface area (Å²) in [5.41, 5.74) is 0. The summed E-state index contributed by atoms with van der Waals surface area (Å²) in [6.45, 7) is 7.19. The highest BCUT2D eigenvalue weighted by Crippen LogP contribution is 2.45. The van der Waals surface area contributed by atoms with E-state index in [0.717, 1.165) is 109 Å². The van der Waals surface area contributed by atoms with Crippen LogP contribution in [0.25, 0.3) is 0 Å². The van der Waals surface area contributed by atoms with Crippen molar-refractivity contribution >= 4 is 39.5 Å². The van der Waals surface area contributed by atoms with Gasteiger partial charge < -0.3 is 33.8 Å². The second-order valence-electron chi connectivity index (χ2n) is 26.5. The zero-order valence-electron chi connectivity index (χ0n) is 59.0. The number of carbonyl (C=O) groups excluding carboxylic acids is 4. The molecule has 0 bridgehead atoms. The van der Waals surface area contributed by atoms with Gasteiger partial charge in [0.2, 0.25) is 0 Å². The van der Waals surface area contributed by atoms with Crippen LogP contribution in [0.15, 0.2) is 0 Å². The molecule has 0 aromatic rings. The van der Waals surface area contributed by atoms with Gasteiger partial charge in [-0.05, 0) is 31.6 Å². The van der Waals surface area contributed by atoms with Crippen molar-refractivity contribution in [1.29, 1.82) is 0 Å². The van der Waals surface area contributed by atoms with Crippen molar-refractivity contribution in [1.82, 2.24) is 0 Å². The molecule has 0 aromatic carbocycles. The summed E-state index contributed by atoms with van der Waals surface area (Å²) in [6, 6.07) is 0. The van der Waals surface area contributed by atoms with Gasteiger partial charge in [0.15, 0.2) is 12.2 Å². The lowest BCUT2D eigenvalue weighted by atomic mass is 10.0. The topological polar surface area (TPSA) is 237 Å². The second-order valence-corrected chi connectivity index (χ2v) is 29.4. The van der Waals surface area contributed by atoms with Crippen molar-refractivity contribution in [3.05, 3.63) is 0 Å². The number of unbranched alkanes of at least 4 members (excludes halogenated alkanes) is 44. The van der Waals surface area contributed by atoms with Crippen LogP contribution >= 0.6 is 15.6 Å². The molecule has 0 spiro atoms. The molecule has 3 N–H and O–H groups in total. The number of rotatable bonds is 72. The minimum atomic E-state index is -4.95. The molecule has 0 saturated heterocycles. The maximum Gasteiger partial charge on any atom is 0.472 e. The molecule has 0 aromatic heterocycles. The largest absolute Gasteiger partial charge is 0.472 e. The Kier molecular flexibility index (Phi) is 64.0. The molecule has 0 radical (unpaired) electrons. The average Bonchev–Trinajstić information content (AvgIpc) is 3.02. The molecule has 91 heavy (non-hydrogen) atoms. The van der Waals surface area contributed by atoms with E-state index in [4.69, 9.17) is 37.0 Å². The molecular weight excluding hydrogens is 1200 g/mol. The van der Waals surface area contributed by atoms with Gasteiger partial charge in [-0.3, -0.25) is 37.3 Å². The fourth-order valence-corrected chi connectivity index (χ4v) is 12.6. The van der Waals surface area contributed by atoms with Gasteiger partial charge in [0.1, 0.15) is 19.3 Å². The Morgan fingerprint density at radius 3 is 0.747 bits per heavy atom. The average molecular weight is 1340 g/mol. The van der Waals surface area contributed by atoms with E-state index in [9.17, 15) is 43.2 Å². The standard InChI is InChI=1S/C72H140O17P2/c1-6-9-12-15-18-20-22-23-24-25-26-27-28-29-30-31-33-37-43-48-53-58-72(77)89-68(62-83-70(75)56-51-46-41-38-34-35-40-44-49-54-65(4)5)64-87-91(80,81)85-60-66(73)59-84-90(78,79)86-63-67(61-82-69(74)55-50-45-39-17-14-11-8-3)88-71(76)57-52-47-42-36-32-21-19-16-13-10-7-2/h65-68,73H,6-64H2,1-5H3,(H,78,79)(H,80,81)/t66-,67+,68+/m0/s1. The number of carbonyl (C=O) groups is 4. The molecule has 0 aliphatic heterocycles. The van der Waals surface area contributed by atoms with Crippen LogP contribution in [0.4, 0.5) is 0 Å². The van der Waals surface area contributed by atoms with Gasteiger partial charge in [-0.2, -0.15) is 0 Å². The molecule has 0 fully saturated rings. The number of esters is 4. The third-order valence-electron chi connectivity index (χ3n) is 16.8. The minimum Gasteiger partial charge on any atom is -0.462 e. The molecule has 5 atom stereocenters. The normalized spacial score (nSPS) is 14.0. The summed E-state index contributed by atoms with van der Waals surface area (Å²) in [5.74, 6) is -1.38. The van der Waals surface area contributed by atoms with Gasteiger partial charge in [-0.15, -0.1) is 0 Å². The Hall–Kier alpha value is -1.94. The summed E-state index contributed by atoms with van der Waals surface area (Å²) in [6.07, 6.45) is 53.0. The predicted molar refractivity (Wildman–Crippen MR) is 368 cm³/mol. The summed E-state index contributed by atoms with van der Waals surface area (Å²) in [4.78, 5) is 72.4. The van der Waals surface area contributed by atoms with Crippen molar-refractivity contribution < 1.29 is 80.2 Å². The summed E-state index contributed by atoms with van der Waals surface area (Å²) >= 11 is 0. The first-order valence-electron chi connectivity index (χ1n) is 37.6. The fourth-order valence-electron chi connectivity index (χ4n) is 11.0. The first-order valence-corrected chi connectivity index (χ1v) is 40.6. The zero-order chi connectivity index (χ0) is 67.0. The van der Waals surface area contributed by atoms with Crippen LogP contribution in [-0.4, -0.2) is 96.7 Å². The highest BCUT2D eigenvalue weighted by atomic mass is 31.2. The number of hydrogen-bond acceptors (Lipinski definition) is 15. The monoisotopic (exact) mass is 1340 g/mol. The Morgan fingerprint density at radius 1 is 0.297 bits per heavy atom. The van der Waals surface area contributed by atoms with E-state index in [1.807, 2.05) is 0 Å². The van der Waals surface area contributed by atoms with Crippen LogP contribution in [0, 0.1) is 5.92 Å². The van der Waals surface area contributed by atoms with Gasteiger partial charge in [-0.1, -0.05) is 324 Å². The minimum absolute atomic E-state index is 0.107. The predicted octanol–water partition coefficient (Wildman–Crippen LogP) is 20.9. The van der Waals surface area contributed by atoms with Crippen molar-refractivity contribution in [2.45, 2.75) is 393 Å². The number of phosphoric ester groups is 2.